The lowest BCUT2D eigenvalue weighted by Gasteiger charge is -2.23. The van der Waals surface area contributed by atoms with E-state index in [-0.39, 0.29) is 10.7 Å². The molecule has 0 unspecified atom stereocenters. The summed E-state index contributed by atoms with van der Waals surface area (Å²) in [6, 6.07) is 19.0. The van der Waals surface area contributed by atoms with Crippen LogP contribution in [0.3, 0.4) is 0 Å². The van der Waals surface area contributed by atoms with E-state index in [0.29, 0.717) is 17.1 Å². The van der Waals surface area contributed by atoms with Crippen LogP contribution in [0.15, 0.2) is 77.7 Å². The molecule has 0 aliphatic carbocycles. The maximum atomic E-state index is 13.4. The second-order valence-corrected chi connectivity index (χ2v) is 9.88. The van der Waals surface area contributed by atoms with E-state index in [1.807, 2.05) is 6.92 Å². The monoisotopic (exact) mass is 517 g/mol. The van der Waals surface area contributed by atoms with E-state index in [1.165, 1.54) is 19.2 Å². The van der Waals surface area contributed by atoms with Gasteiger partial charge in [-0.15, -0.1) is 0 Å². The number of sulfonamides is 1. The summed E-state index contributed by atoms with van der Waals surface area (Å²) in [4.78, 5) is 12.9. The lowest BCUT2D eigenvalue weighted by atomic mass is 9.98. The number of hydrogen-bond acceptors (Lipinski definition) is 5. The third-order valence-electron chi connectivity index (χ3n) is 5.00. The summed E-state index contributed by atoms with van der Waals surface area (Å²) < 4.78 is 39.1. The average Bonchev–Trinajstić information content (AvgIpc) is 2.82. The predicted octanol–water partition coefficient (Wildman–Crippen LogP) is 4.68. The minimum absolute atomic E-state index is 0.0880. The van der Waals surface area contributed by atoms with Crippen LogP contribution in [-0.4, -0.2) is 34.5 Å². The summed E-state index contributed by atoms with van der Waals surface area (Å²) in [7, 11) is -0.861. The van der Waals surface area contributed by atoms with Crippen molar-refractivity contribution in [1.82, 2.24) is 4.72 Å². The Hall–Kier alpha value is -2.68. The highest BCUT2D eigenvalue weighted by Crippen LogP contribution is 2.31. The van der Waals surface area contributed by atoms with Crippen molar-refractivity contribution in [2.24, 2.45) is 0 Å². The molecule has 8 heteroatoms. The number of aryl methyl sites for hydroxylation is 1. The molecule has 3 aromatic rings. The first-order valence-corrected chi connectivity index (χ1v) is 12.2. The molecule has 2 atom stereocenters. The minimum Gasteiger partial charge on any atom is -0.497 e. The molecule has 0 saturated heterocycles. The van der Waals surface area contributed by atoms with Crippen molar-refractivity contribution in [3.8, 4) is 11.5 Å². The number of methoxy groups -OCH3 is 2. The van der Waals surface area contributed by atoms with Gasteiger partial charge in [-0.05, 0) is 61.0 Å². The summed E-state index contributed by atoms with van der Waals surface area (Å²) in [5, 5.41) is 0. The normalized spacial score (nSPS) is 13.2. The summed E-state index contributed by atoms with van der Waals surface area (Å²) in [6.07, 6.45) is 0. The van der Waals surface area contributed by atoms with Gasteiger partial charge in [0.05, 0.1) is 23.9 Å². The molecular weight excluding hydrogens is 494 g/mol. The zero-order chi connectivity index (χ0) is 23.3. The molecule has 3 rings (SSSR count). The van der Waals surface area contributed by atoms with Gasteiger partial charge < -0.3 is 9.47 Å². The molecule has 0 amide bonds. The van der Waals surface area contributed by atoms with E-state index in [1.54, 1.807) is 67.8 Å². The van der Waals surface area contributed by atoms with Gasteiger partial charge in [-0.25, -0.2) is 8.42 Å². The molecule has 0 saturated carbocycles. The van der Waals surface area contributed by atoms with E-state index in [4.69, 9.17) is 9.47 Å². The number of carbonyl (C=O) groups excluding carboxylic acids is 1. The van der Waals surface area contributed by atoms with Crippen molar-refractivity contribution in [3.05, 3.63) is 89.5 Å². The number of ether oxygens (including phenoxy) is 2. The van der Waals surface area contributed by atoms with Gasteiger partial charge in [0, 0.05) is 5.56 Å². The van der Waals surface area contributed by atoms with Crippen LogP contribution in [0.25, 0.3) is 0 Å². The second-order valence-electron chi connectivity index (χ2n) is 7.18. The van der Waals surface area contributed by atoms with Crippen LogP contribution in [0.5, 0.6) is 11.5 Å². The van der Waals surface area contributed by atoms with E-state index in [2.05, 4.69) is 20.7 Å². The topological polar surface area (TPSA) is 81.7 Å². The zero-order valence-electron chi connectivity index (χ0n) is 17.9. The maximum absolute atomic E-state index is 13.4. The number of carbonyl (C=O) groups is 1. The van der Waals surface area contributed by atoms with Crippen molar-refractivity contribution >= 4 is 31.7 Å². The SMILES string of the molecule is COc1ccc(C(=O)[C@H](NS(=O)(=O)c2ccc(C)cc2)[C@H](Br)c2ccc(OC)cc2)cc1. The number of alkyl halides is 1. The third-order valence-corrected chi connectivity index (χ3v) is 7.51. The highest BCUT2D eigenvalue weighted by Gasteiger charge is 2.33. The Kier molecular flexibility index (Phi) is 7.71. The number of hydrogen-bond donors (Lipinski definition) is 1. The van der Waals surface area contributed by atoms with E-state index in [0.717, 1.165) is 11.1 Å². The maximum Gasteiger partial charge on any atom is 0.241 e. The average molecular weight is 518 g/mol. The molecule has 0 aromatic heterocycles. The Morgan fingerprint density at radius 3 is 1.84 bits per heavy atom. The van der Waals surface area contributed by atoms with Crippen LogP contribution >= 0.6 is 15.9 Å². The summed E-state index contributed by atoms with van der Waals surface area (Å²) in [6.45, 7) is 1.87. The van der Waals surface area contributed by atoms with Crippen molar-refractivity contribution in [2.45, 2.75) is 22.7 Å². The Morgan fingerprint density at radius 1 is 0.844 bits per heavy atom. The van der Waals surface area contributed by atoms with Crippen molar-refractivity contribution in [2.75, 3.05) is 14.2 Å². The fourth-order valence-corrected chi connectivity index (χ4v) is 5.17. The van der Waals surface area contributed by atoms with E-state index < -0.39 is 20.9 Å². The number of Topliss-reactive ketones (excluding diaryl/α,β-unsaturated/α-hetero) is 1. The molecule has 0 bridgehead atoms. The Morgan fingerprint density at radius 2 is 1.34 bits per heavy atom. The molecule has 1 N–H and O–H groups in total. The quantitative estimate of drug-likeness (QED) is 0.329. The van der Waals surface area contributed by atoms with Gasteiger partial charge in [0.25, 0.3) is 0 Å². The van der Waals surface area contributed by atoms with Gasteiger partial charge in [0.1, 0.15) is 17.5 Å². The van der Waals surface area contributed by atoms with Crippen LogP contribution in [0, 0.1) is 6.92 Å². The molecule has 0 radical (unpaired) electrons. The number of rotatable bonds is 9. The highest BCUT2D eigenvalue weighted by molar-refractivity contribution is 9.09. The van der Waals surface area contributed by atoms with Gasteiger partial charge in [-0.2, -0.15) is 4.72 Å². The molecular formula is C24H24BrNO5S. The third kappa shape index (κ3) is 5.56. The van der Waals surface area contributed by atoms with E-state index in [9.17, 15) is 13.2 Å². The van der Waals surface area contributed by atoms with Crippen LogP contribution in [0.2, 0.25) is 0 Å². The van der Waals surface area contributed by atoms with Gasteiger partial charge in [0.2, 0.25) is 10.0 Å². The number of ketones is 1. The largest absolute Gasteiger partial charge is 0.497 e. The van der Waals surface area contributed by atoms with Crippen LogP contribution < -0.4 is 14.2 Å². The van der Waals surface area contributed by atoms with Gasteiger partial charge in [-0.3, -0.25) is 4.79 Å². The fraction of sp³-hybridized carbons (Fsp3) is 0.208. The standard InChI is InChI=1S/C24H24BrNO5S/c1-16-4-14-21(15-5-16)32(28,29)26-23(22(25)17-6-10-19(30-2)11-7-17)24(27)18-8-12-20(31-3)13-9-18/h4-15,22-23,26H,1-3H3/t22-,23-/m1/s1. The minimum atomic E-state index is -3.96. The lowest BCUT2D eigenvalue weighted by Crippen LogP contribution is -2.43. The number of halogens is 1. The van der Waals surface area contributed by atoms with Crippen LogP contribution in [0.1, 0.15) is 26.3 Å². The fourth-order valence-electron chi connectivity index (χ4n) is 3.11. The summed E-state index contributed by atoms with van der Waals surface area (Å²) in [5.41, 5.74) is 2.02. The molecule has 32 heavy (non-hydrogen) atoms. The molecule has 6 nitrogen and oxygen atoms in total. The molecule has 0 heterocycles. The molecule has 0 aliphatic heterocycles. The zero-order valence-corrected chi connectivity index (χ0v) is 20.3. The molecule has 3 aromatic carbocycles. The first-order valence-electron chi connectivity index (χ1n) is 9.80. The Labute approximate surface area is 196 Å². The van der Waals surface area contributed by atoms with Crippen molar-refractivity contribution < 1.29 is 22.7 Å². The summed E-state index contributed by atoms with van der Waals surface area (Å²) in [5.74, 6) is 0.886. The molecule has 0 spiro atoms. The second kappa shape index (κ2) is 10.3. The lowest BCUT2D eigenvalue weighted by molar-refractivity contribution is 0.0952. The van der Waals surface area contributed by atoms with Crippen molar-refractivity contribution in [3.63, 3.8) is 0 Å². The first-order chi connectivity index (χ1) is 15.2. The van der Waals surface area contributed by atoms with Crippen molar-refractivity contribution in [1.29, 1.82) is 0 Å². The number of nitrogens with one attached hydrogen (secondary N) is 1. The Balaban J connectivity index is 1.98. The predicted molar refractivity (Wildman–Crippen MR) is 127 cm³/mol. The van der Waals surface area contributed by atoms with Gasteiger partial charge >= 0.3 is 0 Å². The highest BCUT2D eigenvalue weighted by atomic mass is 79.9. The molecule has 0 aliphatic rings. The molecule has 0 fully saturated rings. The van der Waals surface area contributed by atoms with Gasteiger partial charge in [-0.1, -0.05) is 45.8 Å². The Bertz CT molecular complexity index is 1160. The van der Waals surface area contributed by atoms with Crippen LogP contribution in [-0.2, 0) is 10.0 Å². The smallest absolute Gasteiger partial charge is 0.241 e. The summed E-state index contributed by atoms with van der Waals surface area (Å²) >= 11 is 3.55. The number of benzene rings is 3. The first kappa shape index (κ1) is 24.0. The van der Waals surface area contributed by atoms with Crippen LogP contribution in [0.4, 0.5) is 0 Å². The van der Waals surface area contributed by atoms with Gasteiger partial charge in [0.15, 0.2) is 5.78 Å². The van der Waals surface area contributed by atoms with E-state index >= 15 is 0 Å². The molecule has 168 valence electrons.